The predicted octanol–water partition coefficient (Wildman–Crippen LogP) is 5.27. The molecule has 4 aromatic rings. The fraction of sp³-hybridized carbons (Fsp3) is 0.364. The number of fused-ring (bicyclic) bond motifs is 1. The number of aryl methyl sites for hydroxylation is 1. The number of rotatable bonds is 6. The molecule has 0 spiro atoms. The average molecular weight is 617 g/mol. The van der Waals surface area contributed by atoms with Crippen molar-refractivity contribution in [2.24, 2.45) is 0 Å². The Labute approximate surface area is 256 Å². The second-order valence-corrected chi connectivity index (χ2v) is 15.4. The van der Waals surface area contributed by atoms with E-state index in [1.807, 2.05) is 45.6 Å². The van der Waals surface area contributed by atoms with E-state index in [1.165, 1.54) is 16.7 Å². The molecule has 0 radical (unpaired) electrons. The summed E-state index contributed by atoms with van der Waals surface area (Å²) in [6.07, 6.45) is 2.99. The van der Waals surface area contributed by atoms with E-state index >= 15 is 4.39 Å². The SMILES string of the molecule is C=CC(=O)N1C[C@H](C)N(c2nc(=O)n(-c3c(C)ccnc3C(C)C)c3nc(-c4ccccc4P(C)(C)=O)c(F)cc23)C[C@H]1C. The van der Waals surface area contributed by atoms with E-state index in [2.05, 4.69) is 16.5 Å². The van der Waals surface area contributed by atoms with Gasteiger partial charge >= 0.3 is 5.69 Å². The second-order valence-electron chi connectivity index (χ2n) is 12.2. The monoisotopic (exact) mass is 616 g/mol. The lowest BCUT2D eigenvalue weighted by atomic mass is 10.0. The van der Waals surface area contributed by atoms with Crippen LogP contribution in [0.1, 0.15) is 44.9 Å². The van der Waals surface area contributed by atoms with Gasteiger partial charge in [0.15, 0.2) is 5.65 Å². The molecule has 11 heteroatoms. The lowest BCUT2D eigenvalue weighted by Crippen LogP contribution is -2.58. The van der Waals surface area contributed by atoms with Crippen LogP contribution >= 0.6 is 7.14 Å². The van der Waals surface area contributed by atoms with Crippen LogP contribution < -0.4 is 15.9 Å². The van der Waals surface area contributed by atoms with E-state index in [9.17, 15) is 14.2 Å². The number of piperazine rings is 1. The van der Waals surface area contributed by atoms with Gasteiger partial charge in [-0.2, -0.15) is 4.98 Å². The minimum atomic E-state index is -2.82. The highest BCUT2D eigenvalue weighted by molar-refractivity contribution is 7.70. The number of amides is 1. The van der Waals surface area contributed by atoms with Gasteiger partial charge < -0.3 is 14.4 Å². The Balaban J connectivity index is 1.86. The maximum absolute atomic E-state index is 16.3. The smallest absolute Gasteiger partial charge is 0.349 e. The first-order valence-corrected chi connectivity index (χ1v) is 17.3. The molecule has 0 saturated carbocycles. The van der Waals surface area contributed by atoms with Crippen molar-refractivity contribution in [2.75, 3.05) is 31.3 Å². The van der Waals surface area contributed by atoms with Gasteiger partial charge in [-0.05, 0) is 63.8 Å². The van der Waals surface area contributed by atoms with E-state index < -0.39 is 18.6 Å². The summed E-state index contributed by atoms with van der Waals surface area (Å²) >= 11 is 0. The Morgan fingerprint density at radius 2 is 1.82 bits per heavy atom. The molecular formula is C33H38FN6O3P. The van der Waals surface area contributed by atoms with Crippen LogP contribution in [0, 0.1) is 12.7 Å². The van der Waals surface area contributed by atoms with Crippen LogP contribution in [0.4, 0.5) is 10.2 Å². The molecular weight excluding hydrogens is 578 g/mol. The molecule has 1 saturated heterocycles. The van der Waals surface area contributed by atoms with Crippen molar-refractivity contribution in [3.05, 3.63) is 82.8 Å². The summed E-state index contributed by atoms with van der Waals surface area (Å²) in [5, 5.41) is 0.847. The van der Waals surface area contributed by atoms with E-state index in [0.717, 1.165) is 5.56 Å². The van der Waals surface area contributed by atoms with Crippen LogP contribution in [0.2, 0.25) is 0 Å². The maximum atomic E-state index is 16.3. The van der Waals surface area contributed by atoms with Gasteiger partial charge in [0.25, 0.3) is 0 Å². The Kier molecular flexibility index (Phi) is 8.33. The summed E-state index contributed by atoms with van der Waals surface area (Å²) in [6, 6.07) is 9.67. The fourth-order valence-corrected chi connectivity index (χ4v) is 7.19. The lowest BCUT2D eigenvalue weighted by molar-refractivity contribution is -0.128. The number of nitrogens with zero attached hydrogens (tertiary/aromatic N) is 6. The molecule has 1 amide bonds. The van der Waals surface area contributed by atoms with Gasteiger partial charge in [0.2, 0.25) is 5.91 Å². The van der Waals surface area contributed by atoms with E-state index in [1.54, 1.807) is 48.7 Å². The maximum Gasteiger partial charge on any atom is 0.355 e. The number of halogens is 1. The predicted molar refractivity (Wildman–Crippen MR) is 174 cm³/mol. The summed E-state index contributed by atoms with van der Waals surface area (Å²) < 4.78 is 30.9. The van der Waals surface area contributed by atoms with Crippen LogP contribution in [-0.2, 0) is 9.36 Å². The quantitative estimate of drug-likeness (QED) is 0.215. The van der Waals surface area contributed by atoms with Gasteiger partial charge in [0, 0.05) is 42.2 Å². The molecule has 0 bridgehead atoms. The number of anilines is 1. The van der Waals surface area contributed by atoms with Crippen LogP contribution in [0.5, 0.6) is 0 Å². The highest BCUT2D eigenvalue weighted by atomic mass is 31.2. The van der Waals surface area contributed by atoms with Crippen molar-refractivity contribution in [2.45, 2.75) is 52.6 Å². The first-order chi connectivity index (χ1) is 20.7. The molecule has 3 aromatic heterocycles. The molecule has 1 fully saturated rings. The number of hydrogen-bond acceptors (Lipinski definition) is 7. The van der Waals surface area contributed by atoms with Crippen molar-refractivity contribution < 1.29 is 13.8 Å². The van der Waals surface area contributed by atoms with E-state index in [4.69, 9.17) is 4.98 Å². The molecule has 9 nitrogen and oxygen atoms in total. The molecule has 44 heavy (non-hydrogen) atoms. The normalized spacial score (nSPS) is 17.4. The number of pyridine rings is 2. The van der Waals surface area contributed by atoms with Crippen LogP contribution in [0.15, 0.2) is 60.0 Å². The molecule has 230 valence electrons. The third kappa shape index (κ3) is 5.47. The Hall–Kier alpha value is -4.17. The van der Waals surface area contributed by atoms with Crippen LogP contribution in [0.3, 0.4) is 0 Å². The van der Waals surface area contributed by atoms with Crippen molar-refractivity contribution in [1.82, 2.24) is 24.4 Å². The molecule has 0 N–H and O–H groups in total. The van der Waals surface area contributed by atoms with Gasteiger partial charge in [0.1, 0.15) is 24.5 Å². The largest absolute Gasteiger partial charge is 0.355 e. The standard InChI is InChI=1S/C33H38FN6O3P/c1-9-27(41)38-17-22(6)39(18-21(38)5)31-24-16-25(34)29(23-12-10-11-13-26(23)44(7,8)43)36-32(24)40(33(42)37-31)30-20(4)14-15-35-28(30)19(2)3/h9-16,19,21-22H,1,17-18H2,2-8H3/t21-,22+/m1/s1. The van der Waals surface area contributed by atoms with Crippen LogP contribution in [-0.4, -0.2) is 68.8 Å². The van der Waals surface area contributed by atoms with Gasteiger partial charge in [-0.3, -0.25) is 9.78 Å². The average Bonchev–Trinajstić information content (AvgIpc) is 2.97. The first kappa shape index (κ1) is 31.3. The van der Waals surface area contributed by atoms with Crippen LogP contribution in [0.25, 0.3) is 28.0 Å². The number of hydrogen-bond donors (Lipinski definition) is 0. The Morgan fingerprint density at radius 1 is 1.11 bits per heavy atom. The number of carbonyl (C=O) groups is 1. The lowest BCUT2D eigenvalue weighted by Gasteiger charge is -2.44. The highest BCUT2D eigenvalue weighted by Crippen LogP contribution is 2.40. The van der Waals surface area contributed by atoms with Gasteiger partial charge in [0.05, 0.1) is 16.8 Å². The summed E-state index contributed by atoms with van der Waals surface area (Å²) in [6.45, 7) is 17.4. The Morgan fingerprint density at radius 3 is 2.48 bits per heavy atom. The van der Waals surface area contributed by atoms with Crippen molar-refractivity contribution in [3.63, 3.8) is 0 Å². The zero-order chi connectivity index (χ0) is 32.1. The summed E-state index contributed by atoms with van der Waals surface area (Å²) in [5.74, 6) is -0.540. The van der Waals surface area contributed by atoms with Crippen molar-refractivity contribution in [1.29, 1.82) is 0 Å². The first-order valence-electron chi connectivity index (χ1n) is 14.7. The zero-order valence-corrected chi connectivity index (χ0v) is 27.1. The second kappa shape index (κ2) is 11.7. The fourth-order valence-electron chi connectivity index (χ4n) is 5.99. The zero-order valence-electron chi connectivity index (χ0n) is 26.2. The molecule has 2 atom stereocenters. The van der Waals surface area contributed by atoms with E-state index in [-0.39, 0.29) is 35.2 Å². The summed E-state index contributed by atoms with van der Waals surface area (Å²) in [5.41, 5.74) is 2.07. The molecule has 1 aliphatic rings. The molecule has 1 aromatic carbocycles. The number of aromatic nitrogens is 4. The third-order valence-corrected chi connectivity index (χ3v) is 9.73. The molecule has 0 unspecified atom stereocenters. The van der Waals surface area contributed by atoms with E-state index in [0.29, 0.717) is 46.5 Å². The van der Waals surface area contributed by atoms with Gasteiger partial charge in [-0.25, -0.2) is 18.7 Å². The highest BCUT2D eigenvalue weighted by Gasteiger charge is 2.34. The minimum absolute atomic E-state index is 0.00205. The molecule has 1 aliphatic heterocycles. The topological polar surface area (TPSA) is 101 Å². The molecule has 4 heterocycles. The third-order valence-electron chi connectivity index (χ3n) is 8.18. The summed E-state index contributed by atoms with van der Waals surface area (Å²) in [4.78, 5) is 44.3. The van der Waals surface area contributed by atoms with Gasteiger partial charge in [-0.15, -0.1) is 0 Å². The minimum Gasteiger partial charge on any atom is -0.349 e. The number of carbonyl (C=O) groups excluding carboxylic acids is 1. The summed E-state index contributed by atoms with van der Waals surface area (Å²) in [7, 11) is -2.82. The Bertz CT molecular complexity index is 1900. The van der Waals surface area contributed by atoms with Crippen molar-refractivity contribution in [3.8, 4) is 16.9 Å². The molecule has 0 aliphatic carbocycles. The van der Waals surface area contributed by atoms with Crippen molar-refractivity contribution >= 4 is 35.2 Å². The molecule has 5 rings (SSSR count). The number of benzene rings is 1. The van der Waals surface area contributed by atoms with Gasteiger partial charge in [-0.1, -0.05) is 44.7 Å².